The molecule has 1 atom stereocenters. The molecule has 1 fully saturated rings. The highest BCUT2D eigenvalue weighted by Crippen LogP contribution is 2.28. The van der Waals surface area contributed by atoms with Gasteiger partial charge in [-0.3, -0.25) is 4.90 Å². The number of fused-ring (bicyclic) bond motifs is 1. The SMILES string of the molecule is COC[C@H]1CN(C2CCC2)Cc2cncn2C1. The molecule has 4 heteroatoms. The fourth-order valence-corrected chi connectivity index (χ4v) is 2.96. The Labute approximate surface area is 103 Å². The van der Waals surface area contributed by atoms with Gasteiger partial charge in [0.05, 0.1) is 18.6 Å². The van der Waals surface area contributed by atoms with Crippen molar-refractivity contribution in [2.24, 2.45) is 5.92 Å². The smallest absolute Gasteiger partial charge is 0.0948 e. The summed E-state index contributed by atoms with van der Waals surface area (Å²) in [7, 11) is 1.80. The number of aromatic nitrogens is 2. The normalized spacial score (nSPS) is 26.3. The number of imidazole rings is 1. The molecule has 1 aliphatic heterocycles. The van der Waals surface area contributed by atoms with Gasteiger partial charge in [0.2, 0.25) is 0 Å². The van der Waals surface area contributed by atoms with Crippen molar-refractivity contribution in [3.8, 4) is 0 Å². The van der Waals surface area contributed by atoms with E-state index in [1.807, 2.05) is 12.5 Å². The van der Waals surface area contributed by atoms with Crippen LogP contribution in [0.4, 0.5) is 0 Å². The van der Waals surface area contributed by atoms with Crippen LogP contribution in [0, 0.1) is 5.92 Å². The molecule has 2 heterocycles. The lowest BCUT2D eigenvalue weighted by molar-refractivity contribution is 0.0721. The maximum absolute atomic E-state index is 5.35. The summed E-state index contributed by atoms with van der Waals surface area (Å²) < 4.78 is 7.64. The zero-order valence-corrected chi connectivity index (χ0v) is 10.5. The van der Waals surface area contributed by atoms with E-state index in [-0.39, 0.29) is 0 Å². The largest absolute Gasteiger partial charge is 0.384 e. The van der Waals surface area contributed by atoms with Crippen LogP contribution in [-0.2, 0) is 17.8 Å². The highest BCUT2D eigenvalue weighted by atomic mass is 16.5. The molecule has 0 bridgehead atoms. The van der Waals surface area contributed by atoms with Crippen molar-refractivity contribution in [1.29, 1.82) is 0 Å². The van der Waals surface area contributed by atoms with Crippen molar-refractivity contribution in [1.82, 2.24) is 14.5 Å². The van der Waals surface area contributed by atoms with Gasteiger partial charge in [-0.15, -0.1) is 0 Å². The molecule has 2 aliphatic rings. The van der Waals surface area contributed by atoms with Crippen LogP contribution < -0.4 is 0 Å². The molecule has 1 aromatic rings. The Hall–Kier alpha value is -0.870. The van der Waals surface area contributed by atoms with Crippen LogP contribution in [0.3, 0.4) is 0 Å². The van der Waals surface area contributed by atoms with E-state index in [0.717, 1.165) is 25.7 Å². The molecule has 0 aromatic carbocycles. The molecule has 1 aliphatic carbocycles. The Morgan fingerprint density at radius 1 is 1.41 bits per heavy atom. The van der Waals surface area contributed by atoms with E-state index in [4.69, 9.17) is 4.74 Å². The fraction of sp³-hybridized carbons (Fsp3) is 0.769. The Morgan fingerprint density at radius 2 is 2.29 bits per heavy atom. The molecule has 0 spiro atoms. The molecule has 0 unspecified atom stereocenters. The minimum Gasteiger partial charge on any atom is -0.384 e. The van der Waals surface area contributed by atoms with E-state index in [1.54, 1.807) is 7.11 Å². The lowest BCUT2D eigenvalue weighted by atomic mass is 9.90. The summed E-state index contributed by atoms with van der Waals surface area (Å²) in [4.78, 5) is 6.91. The molecular formula is C13H21N3O. The van der Waals surface area contributed by atoms with Gasteiger partial charge in [-0.1, -0.05) is 6.42 Å². The van der Waals surface area contributed by atoms with Gasteiger partial charge < -0.3 is 9.30 Å². The monoisotopic (exact) mass is 235 g/mol. The molecule has 0 saturated heterocycles. The van der Waals surface area contributed by atoms with Crippen molar-refractivity contribution in [3.63, 3.8) is 0 Å². The standard InChI is InChI=1S/C13H21N3O/c1-17-9-11-6-15(12-3-2-4-12)8-13-5-14-10-16(13)7-11/h5,10-12H,2-4,6-9H2,1H3/t11-/m0/s1. The van der Waals surface area contributed by atoms with Crippen LogP contribution in [0.1, 0.15) is 25.0 Å². The van der Waals surface area contributed by atoms with Crippen LogP contribution in [-0.4, -0.2) is 40.8 Å². The van der Waals surface area contributed by atoms with Gasteiger partial charge in [0.15, 0.2) is 0 Å². The number of hydrogen-bond donors (Lipinski definition) is 0. The van der Waals surface area contributed by atoms with E-state index in [2.05, 4.69) is 14.5 Å². The number of rotatable bonds is 3. The van der Waals surface area contributed by atoms with Crippen molar-refractivity contribution >= 4 is 0 Å². The maximum Gasteiger partial charge on any atom is 0.0948 e. The van der Waals surface area contributed by atoms with E-state index in [9.17, 15) is 0 Å². The molecular weight excluding hydrogens is 214 g/mol. The first kappa shape index (κ1) is 11.2. The summed E-state index contributed by atoms with van der Waals surface area (Å²) in [6.07, 6.45) is 8.11. The summed E-state index contributed by atoms with van der Waals surface area (Å²) in [5.41, 5.74) is 1.36. The third-order valence-electron chi connectivity index (χ3n) is 4.10. The molecule has 3 rings (SSSR count). The average molecular weight is 235 g/mol. The van der Waals surface area contributed by atoms with Gasteiger partial charge >= 0.3 is 0 Å². The van der Waals surface area contributed by atoms with Gasteiger partial charge in [-0.05, 0) is 12.8 Å². The Bertz CT molecular complexity index is 372. The maximum atomic E-state index is 5.35. The summed E-state index contributed by atoms with van der Waals surface area (Å²) in [5.74, 6) is 0.594. The Balaban J connectivity index is 1.78. The van der Waals surface area contributed by atoms with Gasteiger partial charge in [0, 0.05) is 44.9 Å². The summed E-state index contributed by atoms with van der Waals surface area (Å²) in [6.45, 7) is 4.12. The van der Waals surface area contributed by atoms with Crippen LogP contribution in [0.25, 0.3) is 0 Å². The fourth-order valence-electron chi connectivity index (χ4n) is 2.96. The van der Waals surface area contributed by atoms with Crippen LogP contribution in [0.15, 0.2) is 12.5 Å². The minimum absolute atomic E-state index is 0.594. The van der Waals surface area contributed by atoms with Crippen LogP contribution in [0.5, 0.6) is 0 Å². The highest BCUT2D eigenvalue weighted by molar-refractivity contribution is 5.02. The summed E-state index contributed by atoms with van der Waals surface area (Å²) >= 11 is 0. The van der Waals surface area contributed by atoms with E-state index in [1.165, 1.54) is 31.5 Å². The van der Waals surface area contributed by atoms with Gasteiger partial charge in [-0.2, -0.15) is 0 Å². The van der Waals surface area contributed by atoms with Crippen LogP contribution in [0.2, 0.25) is 0 Å². The molecule has 0 N–H and O–H groups in total. The van der Waals surface area contributed by atoms with Gasteiger partial charge in [0.25, 0.3) is 0 Å². The quantitative estimate of drug-likeness (QED) is 0.795. The molecule has 1 aromatic heterocycles. The summed E-state index contributed by atoms with van der Waals surface area (Å²) in [5, 5.41) is 0. The van der Waals surface area contributed by atoms with Gasteiger partial charge in [0.1, 0.15) is 0 Å². The second-order valence-corrected chi connectivity index (χ2v) is 5.37. The van der Waals surface area contributed by atoms with Crippen molar-refractivity contribution in [3.05, 3.63) is 18.2 Å². The Kier molecular flexibility index (Phi) is 3.16. The lowest BCUT2D eigenvalue weighted by Gasteiger charge is -2.37. The van der Waals surface area contributed by atoms with E-state index >= 15 is 0 Å². The third-order valence-corrected chi connectivity index (χ3v) is 4.10. The first-order chi connectivity index (χ1) is 8.36. The average Bonchev–Trinajstić information content (AvgIpc) is 2.57. The zero-order chi connectivity index (χ0) is 11.7. The van der Waals surface area contributed by atoms with E-state index in [0.29, 0.717) is 5.92 Å². The number of hydrogen-bond acceptors (Lipinski definition) is 3. The number of methoxy groups -OCH3 is 1. The van der Waals surface area contributed by atoms with Crippen molar-refractivity contribution in [2.75, 3.05) is 20.3 Å². The first-order valence-corrected chi connectivity index (χ1v) is 6.59. The summed E-state index contributed by atoms with van der Waals surface area (Å²) in [6, 6.07) is 0.802. The Morgan fingerprint density at radius 3 is 3.00 bits per heavy atom. The van der Waals surface area contributed by atoms with E-state index < -0.39 is 0 Å². The zero-order valence-electron chi connectivity index (χ0n) is 10.5. The van der Waals surface area contributed by atoms with Gasteiger partial charge in [-0.25, -0.2) is 4.98 Å². The van der Waals surface area contributed by atoms with Crippen LogP contribution >= 0.6 is 0 Å². The predicted molar refractivity (Wildman–Crippen MR) is 65.6 cm³/mol. The molecule has 17 heavy (non-hydrogen) atoms. The second kappa shape index (κ2) is 4.78. The highest BCUT2D eigenvalue weighted by Gasteiger charge is 2.30. The molecule has 4 nitrogen and oxygen atoms in total. The molecule has 94 valence electrons. The molecule has 0 amide bonds. The third kappa shape index (κ3) is 2.24. The topological polar surface area (TPSA) is 30.3 Å². The number of ether oxygens (including phenoxy) is 1. The molecule has 0 radical (unpaired) electrons. The predicted octanol–water partition coefficient (Wildman–Crippen LogP) is 1.51. The molecule has 1 saturated carbocycles. The second-order valence-electron chi connectivity index (χ2n) is 5.37. The lowest BCUT2D eigenvalue weighted by Crippen LogP contribution is -2.42. The first-order valence-electron chi connectivity index (χ1n) is 6.59. The van der Waals surface area contributed by atoms with Crippen molar-refractivity contribution in [2.45, 2.75) is 38.4 Å². The van der Waals surface area contributed by atoms with Crippen molar-refractivity contribution < 1.29 is 4.74 Å². The number of nitrogens with zero attached hydrogens (tertiary/aromatic N) is 3. The minimum atomic E-state index is 0.594.